The lowest BCUT2D eigenvalue weighted by atomic mass is 10.1. The molecular formula is C19H24N4O3S. The Labute approximate surface area is 159 Å². The molecule has 0 bridgehead atoms. The van der Waals surface area contributed by atoms with Crippen LogP contribution in [0, 0.1) is 19.8 Å². The average Bonchev–Trinajstić information content (AvgIpc) is 3.08. The first-order valence-electron chi connectivity index (χ1n) is 8.94. The Balaban J connectivity index is 1.59. The van der Waals surface area contributed by atoms with E-state index in [1.54, 1.807) is 6.21 Å². The van der Waals surface area contributed by atoms with Crippen molar-refractivity contribution >= 4 is 22.0 Å². The maximum absolute atomic E-state index is 12.0. The quantitative estimate of drug-likeness (QED) is 0.603. The number of rotatable bonds is 6. The van der Waals surface area contributed by atoms with E-state index in [4.69, 9.17) is 0 Å². The monoisotopic (exact) mass is 388 g/mol. The lowest BCUT2D eigenvalue weighted by molar-refractivity contribution is -0.121. The molecule has 1 amide bonds. The number of amides is 1. The largest absolute Gasteiger partial charge is 0.273 e. The van der Waals surface area contributed by atoms with Gasteiger partial charge in [-0.2, -0.15) is 10.2 Å². The van der Waals surface area contributed by atoms with Crippen molar-refractivity contribution in [3.63, 3.8) is 0 Å². The second-order valence-electron chi connectivity index (χ2n) is 6.99. The van der Waals surface area contributed by atoms with Crippen LogP contribution >= 0.6 is 0 Å². The number of hydrogen-bond acceptors (Lipinski definition) is 5. The van der Waals surface area contributed by atoms with Crippen molar-refractivity contribution < 1.29 is 13.2 Å². The van der Waals surface area contributed by atoms with Gasteiger partial charge in [-0.05, 0) is 31.7 Å². The zero-order valence-electron chi connectivity index (χ0n) is 15.6. The van der Waals surface area contributed by atoms with Crippen LogP contribution in [0.2, 0.25) is 0 Å². The molecule has 2 aromatic rings. The zero-order chi connectivity index (χ0) is 19.4. The van der Waals surface area contributed by atoms with Crippen molar-refractivity contribution in [3.05, 3.63) is 52.8 Å². The predicted molar refractivity (Wildman–Crippen MR) is 104 cm³/mol. The lowest BCUT2D eigenvalue weighted by Crippen LogP contribution is -2.21. The summed E-state index contributed by atoms with van der Waals surface area (Å²) in [6.07, 6.45) is 2.33. The fourth-order valence-corrected chi connectivity index (χ4v) is 5.18. The minimum absolute atomic E-state index is 0.0919. The number of aromatic nitrogens is 2. The molecule has 0 spiro atoms. The Morgan fingerprint density at radius 2 is 2.07 bits per heavy atom. The van der Waals surface area contributed by atoms with Gasteiger partial charge in [-0.15, -0.1) is 0 Å². The van der Waals surface area contributed by atoms with Crippen LogP contribution in [0.15, 0.2) is 35.4 Å². The molecule has 1 atom stereocenters. The maximum atomic E-state index is 12.0. The van der Waals surface area contributed by atoms with E-state index in [0.717, 1.165) is 22.5 Å². The molecule has 0 unspecified atom stereocenters. The van der Waals surface area contributed by atoms with E-state index in [1.165, 1.54) is 0 Å². The summed E-state index contributed by atoms with van der Waals surface area (Å²) in [6, 6.07) is 10.1. The molecule has 1 aromatic carbocycles. The maximum Gasteiger partial charge on any atom is 0.240 e. The van der Waals surface area contributed by atoms with Crippen molar-refractivity contribution in [2.75, 3.05) is 11.5 Å². The Morgan fingerprint density at radius 1 is 1.33 bits per heavy atom. The lowest BCUT2D eigenvalue weighted by Gasteiger charge is -2.05. The number of nitrogens with one attached hydrogen (secondary N) is 1. The van der Waals surface area contributed by atoms with Crippen molar-refractivity contribution in [3.8, 4) is 0 Å². The zero-order valence-corrected chi connectivity index (χ0v) is 16.4. The molecule has 0 radical (unpaired) electrons. The van der Waals surface area contributed by atoms with E-state index in [1.807, 2.05) is 48.9 Å². The smallest absolute Gasteiger partial charge is 0.240 e. The summed E-state index contributed by atoms with van der Waals surface area (Å²) >= 11 is 0. The van der Waals surface area contributed by atoms with E-state index < -0.39 is 9.84 Å². The van der Waals surface area contributed by atoms with Crippen LogP contribution in [0.4, 0.5) is 0 Å². The predicted octanol–water partition coefficient (Wildman–Crippen LogP) is 1.82. The van der Waals surface area contributed by atoms with Crippen LogP contribution in [-0.4, -0.2) is 41.8 Å². The molecule has 27 heavy (non-hydrogen) atoms. The van der Waals surface area contributed by atoms with Gasteiger partial charge in [-0.1, -0.05) is 30.3 Å². The fourth-order valence-electron chi connectivity index (χ4n) is 3.32. The second kappa shape index (κ2) is 8.04. The van der Waals surface area contributed by atoms with Gasteiger partial charge in [-0.25, -0.2) is 13.8 Å². The van der Waals surface area contributed by atoms with Crippen LogP contribution in [0.3, 0.4) is 0 Å². The van der Waals surface area contributed by atoms with Gasteiger partial charge in [0.05, 0.1) is 30.0 Å². The highest BCUT2D eigenvalue weighted by Gasteiger charge is 2.29. The average molecular weight is 388 g/mol. The number of aryl methyl sites for hydroxylation is 1. The first-order chi connectivity index (χ1) is 12.8. The van der Waals surface area contributed by atoms with Gasteiger partial charge in [0.15, 0.2) is 9.84 Å². The molecule has 2 heterocycles. The number of carbonyl (C=O) groups is 1. The number of hydrazone groups is 1. The van der Waals surface area contributed by atoms with E-state index in [9.17, 15) is 13.2 Å². The molecule has 3 rings (SSSR count). The van der Waals surface area contributed by atoms with Gasteiger partial charge in [0, 0.05) is 17.7 Å². The van der Waals surface area contributed by atoms with Gasteiger partial charge in [0.2, 0.25) is 5.91 Å². The normalized spacial score (nSPS) is 18.8. The molecule has 1 saturated heterocycles. The van der Waals surface area contributed by atoms with E-state index in [0.29, 0.717) is 13.0 Å². The summed E-state index contributed by atoms with van der Waals surface area (Å²) in [5, 5.41) is 8.58. The number of nitrogens with zero attached hydrogens (tertiary/aromatic N) is 3. The van der Waals surface area contributed by atoms with E-state index in [2.05, 4.69) is 15.6 Å². The number of hydrogen-bond donors (Lipinski definition) is 1. The van der Waals surface area contributed by atoms with E-state index in [-0.39, 0.29) is 29.8 Å². The summed E-state index contributed by atoms with van der Waals surface area (Å²) in [7, 11) is -2.97. The Kier molecular flexibility index (Phi) is 5.74. The third-order valence-electron chi connectivity index (χ3n) is 4.80. The van der Waals surface area contributed by atoms with Gasteiger partial charge in [0.25, 0.3) is 0 Å². The van der Waals surface area contributed by atoms with Crippen LogP contribution in [0.25, 0.3) is 0 Å². The van der Waals surface area contributed by atoms with Crippen LogP contribution in [0.1, 0.15) is 35.4 Å². The second-order valence-corrected chi connectivity index (χ2v) is 9.22. The summed E-state index contributed by atoms with van der Waals surface area (Å²) in [5.74, 6) is -0.107. The minimum atomic E-state index is -2.97. The molecule has 0 aliphatic carbocycles. The molecule has 8 heteroatoms. The van der Waals surface area contributed by atoms with Crippen molar-refractivity contribution in [1.29, 1.82) is 0 Å². The molecule has 7 nitrogen and oxygen atoms in total. The van der Waals surface area contributed by atoms with Gasteiger partial charge in [-0.3, -0.25) is 9.48 Å². The molecule has 1 aliphatic heterocycles. The van der Waals surface area contributed by atoms with Gasteiger partial charge in [0.1, 0.15) is 0 Å². The highest BCUT2D eigenvalue weighted by atomic mass is 32.2. The highest BCUT2D eigenvalue weighted by molar-refractivity contribution is 7.91. The summed E-state index contributed by atoms with van der Waals surface area (Å²) in [5.41, 5.74) is 6.33. The number of carbonyl (C=O) groups excluding carboxylic acids is 1. The Hall–Kier alpha value is -2.48. The standard InChI is InChI=1S/C19H24N4O3S/c1-14-18(15(2)23(22-14)12-16-6-4-3-5-7-16)11-20-21-19(24)10-17-8-9-27(25,26)13-17/h3-7,11,17H,8-10,12-13H2,1-2H3,(H,21,24)/b20-11-/t17-/m0/s1. The molecule has 0 saturated carbocycles. The van der Waals surface area contributed by atoms with Crippen molar-refractivity contribution in [2.45, 2.75) is 33.2 Å². The Bertz CT molecular complexity index is 949. The van der Waals surface area contributed by atoms with Crippen molar-refractivity contribution in [2.24, 2.45) is 11.0 Å². The SMILES string of the molecule is Cc1nn(Cc2ccccc2)c(C)c1/C=N\NC(=O)C[C@@H]1CCS(=O)(=O)C1. The van der Waals surface area contributed by atoms with Gasteiger partial charge >= 0.3 is 0 Å². The molecule has 1 aromatic heterocycles. The van der Waals surface area contributed by atoms with E-state index >= 15 is 0 Å². The first kappa shape index (κ1) is 19.3. The Morgan fingerprint density at radius 3 is 2.74 bits per heavy atom. The molecular weight excluding hydrogens is 364 g/mol. The first-order valence-corrected chi connectivity index (χ1v) is 10.8. The van der Waals surface area contributed by atoms with Gasteiger partial charge < -0.3 is 0 Å². The topological polar surface area (TPSA) is 93.4 Å². The fraction of sp³-hybridized carbons (Fsp3) is 0.421. The molecule has 1 N–H and O–H groups in total. The highest BCUT2D eigenvalue weighted by Crippen LogP contribution is 2.21. The van der Waals surface area contributed by atoms with Crippen LogP contribution < -0.4 is 5.43 Å². The molecule has 1 aliphatic rings. The number of benzene rings is 1. The van der Waals surface area contributed by atoms with Crippen LogP contribution in [0.5, 0.6) is 0 Å². The summed E-state index contributed by atoms with van der Waals surface area (Å²) < 4.78 is 24.8. The number of sulfone groups is 1. The summed E-state index contributed by atoms with van der Waals surface area (Å²) in [6.45, 7) is 4.54. The van der Waals surface area contributed by atoms with Crippen LogP contribution in [-0.2, 0) is 21.2 Å². The summed E-state index contributed by atoms with van der Waals surface area (Å²) in [4.78, 5) is 12.0. The third kappa shape index (κ3) is 5.03. The molecule has 144 valence electrons. The third-order valence-corrected chi connectivity index (χ3v) is 6.63. The minimum Gasteiger partial charge on any atom is -0.273 e. The molecule has 1 fully saturated rings. The van der Waals surface area contributed by atoms with Crippen molar-refractivity contribution in [1.82, 2.24) is 15.2 Å².